The lowest BCUT2D eigenvalue weighted by molar-refractivity contribution is 0.251. The molecule has 0 aliphatic rings. The van der Waals surface area contributed by atoms with E-state index in [9.17, 15) is 4.79 Å². The number of carbonyl (C=O) groups is 1. The Bertz CT molecular complexity index is 912. The van der Waals surface area contributed by atoms with Gasteiger partial charge in [0.15, 0.2) is 5.82 Å². The average molecular weight is 350 g/mol. The van der Waals surface area contributed by atoms with E-state index in [0.29, 0.717) is 19.0 Å². The zero-order valence-electron chi connectivity index (χ0n) is 14.9. The number of rotatable bonds is 6. The molecule has 6 nitrogen and oxygen atoms in total. The molecule has 26 heavy (non-hydrogen) atoms. The van der Waals surface area contributed by atoms with Crippen molar-refractivity contribution >= 4 is 22.8 Å². The number of hydrogen-bond donors (Lipinski definition) is 3. The van der Waals surface area contributed by atoms with E-state index in [1.807, 2.05) is 68.5 Å². The van der Waals surface area contributed by atoms with E-state index >= 15 is 0 Å². The first-order valence-electron chi connectivity index (χ1n) is 8.45. The largest absolute Gasteiger partial charge is 0.489 e. The summed E-state index contributed by atoms with van der Waals surface area (Å²) in [6.07, 6.45) is 2.02. The number of amides is 2. The maximum absolute atomic E-state index is 12.1. The highest BCUT2D eigenvalue weighted by atomic mass is 16.5. The maximum atomic E-state index is 12.1. The molecule has 0 unspecified atom stereocenters. The monoisotopic (exact) mass is 350 g/mol. The molecule has 2 amide bonds. The number of H-pyrrole nitrogens is 1. The Hall–Kier alpha value is -3.28. The molecule has 134 valence electrons. The van der Waals surface area contributed by atoms with Crippen molar-refractivity contribution in [1.29, 1.82) is 0 Å². The Morgan fingerprint density at radius 2 is 2.00 bits per heavy atom. The van der Waals surface area contributed by atoms with Gasteiger partial charge in [-0.1, -0.05) is 35.9 Å². The topological polar surface area (TPSA) is 79.0 Å². The van der Waals surface area contributed by atoms with Gasteiger partial charge in [-0.3, -0.25) is 10.4 Å². The van der Waals surface area contributed by atoms with Crippen LogP contribution in [-0.4, -0.2) is 22.8 Å². The second-order valence-corrected chi connectivity index (χ2v) is 6.17. The molecule has 0 saturated heterocycles. The van der Waals surface area contributed by atoms with Crippen LogP contribution in [-0.2, 0) is 6.54 Å². The van der Waals surface area contributed by atoms with Gasteiger partial charge in [-0.25, -0.2) is 4.79 Å². The van der Waals surface area contributed by atoms with Crippen molar-refractivity contribution < 1.29 is 9.53 Å². The summed E-state index contributed by atoms with van der Waals surface area (Å²) >= 11 is 0. The van der Waals surface area contributed by atoms with Gasteiger partial charge < -0.3 is 10.1 Å². The zero-order chi connectivity index (χ0) is 18.4. The summed E-state index contributed by atoms with van der Waals surface area (Å²) in [5, 5.41) is 13.5. The third kappa shape index (κ3) is 4.63. The number of anilines is 1. The predicted molar refractivity (Wildman–Crippen MR) is 103 cm³/mol. The lowest BCUT2D eigenvalue weighted by atomic mass is 10.2. The quantitative estimate of drug-likeness (QED) is 0.582. The molecule has 0 spiro atoms. The van der Waals surface area contributed by atoms with Gasteiger partial charge in [0, 0.05) is 18.0 Å². The van der Waals surface area contributed by atoms with Crippen LogP contribution in [0.3, 0.4) is 0 Å². The molecular weight excluding hydrogens is 328 g/mol. The van der Waals surface area contributed by atoms with Gasteiger partial charge >= 0.3 is 6.03 Å². The summed E-state index contributed by atoms with van der Waals surface area (Å²) < 4.78 is 5.68. The van der Waals surface area contributed by atoms with E-state index in [1.54, 1.807) is 0 Å². The summed E-state index contributed by atoms with van der Waals surface area (Å²) in [6, 6.07) is 15.0. The highest BCUT2D eigenvalue weighted by molar-refractivity contribution is 5.99. The van der Waals surface area contributed by atoms with Crippen LogP contribution in [0.25, 0.3) is 10.9 Å². The third-order valence-electron chi connectivity index (χ3n) is 3.80. The number of carbonyl (C=O) groups excluding carboxylic acids is 1. The minimum Gasteiger partial charge on any atom is -0.489 e. The van der Waals surface area contributed by atoms with Gasteiger partial charge in [-0.2, -0.15) is 5.10 Å². The van der Waals surface area contributed by atoms with E-state index in [4.69, 9.17) is 4.74 Å². The molecule has 2 aromatic carbocycles. The van der Waals surface area contributed by atoms with Crippen molar-refractivity contribution in [2.24, 2.45) is 0 Å². The SMILES string of the molecule is CC(C)=CCOc1ccc2c(NC(=O)NCc3ccccc3)n[nH]c2c1. The van der Waals surface area contributed by atoms with Crippen LogP contribution in [0.1, 0.15) is 19.4 Å². The Balaban J connectivity index is 1.61. The molecule has 3 rings (SSSR count). The molecule has 0 aliphatic carbocycles. The summed E-state index contributed by atoms with van der Waals surface area (Å²) in [4.78, 5) is 12.1. The number of aromatic amines is 1. The fourth-order valence-corrected chi connectivity index (χ4v) is 2.42. The number of allylic oxidation sites excluding steroid dienone is 1. The number of aromatic nitrogens is 2. The first-order chi connectivity index (χ1) is 12.6. The van der Waals surface area contributed by atoms with Gasteiger partial charge in [0.1, 0.15) is 12.4 Å². The molecule has 0 fully saturated rings. The predicted octanol–water partition coefficient (Wildman–Crippen LogP) is 4.23. The Morgan fingerprint density at radius 1 is 1.19 bits per heavy atom. The van der Waals surface area contributed by atoms with Crippen molar-refractivity contribution in [3.63, 3.8) is 0 Å². The maximum Gasteiger partial charge on any atom is 0.320 e. The average Bonchev–Trinajstić information content (AvgIpc) is 3.03. The van der Waals surface area contributed by atoms with Crippen molar-refractivity contribution in [3.8, 4) is 5.75 Å². The number of hydrogen-bond acceptors (Lipinski definition) is 3. The van der Waals surface area contributed by atoms with Gasteiger partial charge in [0.05, 0.1) is 5.52 Å². The van der Waals surface area contributed by atoms with Crippen LogP contribution in [0.2, 0.25) is 0 Å². The standard InChI is InChI=1S/C20H22N4O2/c1-14(2)10-11-26-16-8-9-17-18(12-16)23-24-19(17)22-20(25)21-13-15-6-4-3-5-7-15/h3-10,12H,11,13H2,1-2H3,(H3,21,22,23,24,25). The normalized spacial score (nSPS) is 10.4. The van der Waals surface area contributed by atoms with Crippen LogP contribution in [0.5, 0.6) is 5.75 Å². The molecule has 0 radical (unpaired) electrons. The molecule has 1 aromatic heterocycles. The Kier molecular flexibility index (Phi) is 5.53. The first-order valence-corrected chi connectivity index (χ1v) is 8.45. The Morgan fingerprint density at radius 3 is 2.77 bits per heavy atom. The first kappa shape index (κ1) is 17.5. The smallest absolute Gasteiger partial charge is 0.320 e. The second kappa shape index (κ2) is 8.20. The zero-order valence-corrected chi connectivity index (χ0v) is 14.9. The highest BCUT2D eigenvalue weighted by Gasteiger charge is 2.10. The van der Waals surface area contributed by atoms with Crippen LogP contribution in [0.15, 0.2) is 60.2 Å². The number of ether oxygens (including phenoxy) is 1. The van der Waals surface area contributed by atoms with Crippen molar-refractivity contribution in [3.05, 3.63) is 65.7 Å². The van der Waals surface area contributed by atoms with E-state index < -0.39 is 0 Å². The van der Waals surface area contributed by atoms with Crippen molar-refractivity contribution in [1.82, 2.24) is 15.5 Å². The number of nitrogens with one attached hydrogen (secondary N) is 3. The van der Waals surface area contributed by atoms with Crippen LogP contribution >= 0.6 is 0 Å². The fourth-order valence-electron chi connectivity index (χ4n) is 2.42. The van der Waals surface area contributed by atoms with Crippen LogP contribution < -0.4 is 15.4 Å². The molecule has 1 heterocycles. The minimum atomic E-state index is -0.300. The van der Waals surface area contributed by atoms with Gasteiger partial charge in [-0.15, -0.1) is 0 Å². The number of urea groups is 1. The van der Waals surface area contributed by atoms with E-state index in [0.717, 1.165) is 22.2 Å². The van der Waals surface area contributed by atoms with E-state index in [2.05, 4.69) is 20.8 Å². The number of fused-ring (bicyclic) bond motifs is 1. The second-order valence-electron chi connectivity index (χ2n) is 6.17. The summed E-state index contributed by atoms with van der Waals surface area (Å²) in [5.41, 5.74) is 3.05. The summed E-state index contributed by atoms with van der Waals surface area (Å²) in [5.74, 6) is 1.24. The van der Waals surface area contributed by atoms with E-state index in [-0.39, 0.29) is 6.03 Å². The molecule has 0 aliphatic heterocycles. The lowest BCUT2D eigenvalue weighted by Crippen LogP contribution is -2.28. The summed E-state index contributed by atoms with van der Waals surface area (Å²) in [7, 11) is 0. The summed E-state index contributed by atoms with van der Waals surface area (Å²) in [6.45, 7) is 5.04. The van der Waals surface area contributed by atoms with Gasteiger partial charge in [-0.05, 0) is 37.6 Å². The van der Waals surface area contributed by atoms with Crippen LogP contribution in [0, 0.1) is 0 Å². The third-order valence-corrected chi connectivity index (χ3v) is 3.80. The van der Waals surface area contributed by atoms with Crippen molar-refractivity contribution in [2.75, 3.05) is 11.9 Å². The molecule has 0 atom stereocenters. The van der Waals surface area contributed by atoms with E-state index in [1.165, 1.54) is 5.57 Å². The molecular formula is C20H22N4O2. The number of nitrogens with zero attached hydrogens (tertiary/aromatic N) is 1. The molecule has 6 heteroatoms. The Labute approximate surface area is 152 Å². The number of benzene rings is 2. The molecule has 0 bridgehead atoms. The molecule has 3 aromatic rings. The minimum absolute atomic E-state index is 0.300. The highest BCUT2D eigenvalue weighted by Crippen LogP contribution is 2.24. The lowest BCUT2D eigenvalue weighted by Gasteiger charge is -2.06. The van der Waals surface area contributed by atoms with Gasteiger partial charge in [0.2, 0.25) is 0 Å². The van der Waals surface area contributed by atoms with Crippen molar-refractivity contribution in [2.45, 2.75) is 20.4 Å². The van der Waals surface area contributed by atoms with Gasteiger partial charge in [0.25, 0.3) is 0 Å². The molecule has 3 N–H and O–H groups in total. The fraction of sp³-hybridized carbons (Fsp3) is 0.200. The van der Waals surface area contributed by atoms with Crippen LogP contribution in [0.4, 0.5) is 10.6 Å². The molecule has 0 saturated carbocycles.